The largest absolute Gasteiger partial charge is 0.380 e. The Labute approximate surface area is 111 Å². The molecule has 2 aromatic rings. The molecule has 1 aliphatic carbocycles. The van der Waals surface area contributed by atoms with Gasteiger partial charge in [0, 0.05) is 11.4 Å². The van der Waals surface area contributed by atoms with E-state index in [0.29, 0.717) is 10.8 Å². The van der Waals surface area contributed by atoms with E-state index in [1.165, 1.54) is 19.3 Å². The summed E-state index contributed by atoms with van der Waals surface area (Å²) in [7, 11) is 0. The van der Waals surface area contributed by atoms with Crippen molar-refractivity contribution in [2.24, 2.45) is 5.92 Å². The molecule has 3 nitrogen and oxygen atoms in total. The molecule has 2 N–H and O–H groups in total. The van der Waals surface area contributed by atoms with Crippen LogP contribution in [0.25, 0.3) is 11.1 Å². The first kappa shape index (κ1) is 11.6. The lowest BCUT2D eigenvalue weighted by Gasteiger charge is -2.24. The molecular formula is C14H15ClN2O. The van der Waals surface area contributed by atoms with Crippen molar-refractivity contribution in [1.82, 2.24) is 5.16 Å². The van der Waals surface area contributed by atoms with Gasteiger partial charge in [0.1, 0.15) is 5.76 Å². The Morgan fingerprint density at radius 2 is 2.22 bits per heavy atom. The zero-order chi connectivity index (χ0) is 12.5. The summed E-state index contributed by atoms with van der Waals surface area (Å²) in [5.41, 5.74) is 7.80. The number of nitrogens with two attached hydrogens (primary N) is 1. The van der Waals surface area contributed by atoms with Gasteiger partial charge < -0.3 is 10.3 Å². The summed E-state index contributed by atoms with van der Waals surface area (Å²) in [5.74, 6) is 2.06. The zero-order valence-electron chi connectivity index (χ0n) is 10.0. The molecule has 1 aliphatic rings. The number of hydrogen-bond acceptors (Lipinski definition) is 3. The highest BCUT2D eigenvalue weighted by molar-refractivity contribution is 6.30. The molecule has 0 unspecified atom stereocenters. The van der Waals surface area contributed by atoms with Crippen molar-refractivity contribution < 1.29 is 4.52 Å². The molecule has 3 rings (SSSR count). The minimum absolute atomic E-state index is 0.451. The number of benzene rings is 1. The highest BCUT2D eigenvalue weighted by atomic mass is 35.5. The van der Waals surface area contributed by atoms with Gasteiger partial charge in [0.05, 0.1) is 5.56 Å². The van der Waals surface area contributed by atoms with Crippen LogP contribution in [-0.2, 0) is 6.42 Å². The first-order chi connectivity index (χ1) is 8.74. The predicted molar refractivity (Wildman–Crippen MR) is 72.4 cm³/mol. The van der Waals surface area contributed by atoms with Crippen molar-refractivity contribution in [2.45, 2.75) is 25.7 Å². The molecule has 0 saturated heterocycles. The Balaban J connectivity index is 1.96. The van der Waals surface area contributed by atoms with E-state index in [1.807, 2.05) is 24.3 Å². The summed E-state index contributed by atoms with van der Waals surface area (Å²) in [6, 6.07) is 7.64. The van der Waals surface area contributed by atoms with Gasteiger partial charge in [-0.2, -0.15) is 0 Å². The van der Waals surface area contributed by atoms with E-state index in [1.54, 1.807) is 0 Å². The van der Waals surface area contributed by atoms with Crippen LogP contribution in [0.15, 0.2) is 28.8 Å². The minimum Gasteiger partial charge on any atom is -0.380 e. The third-order valence-corrected chi connectivity index (χ3v) is 3.84. The first-order valence-electron chi connectivity index (χ1n) is 6.24. The lowest BCUT2D eigenvalue weighted by atomic mass is 9.81. The number of hydrogen-bond donors (Lipinski definition) is 1. The van der Waals surface area contributed by atoms with Crippen molar-refractivity contribution in [3.05, 3.63) is 35.0 Å². The fraction of sp³-hybridized carbons (Fsp3) is 0.357. The average molecular weight is 263 g/mol. The van der Waals surface area contributed by atoms with Gasteiger partial charge in [0.15, 0.2) is 5.82 Å². The Morgan fingerprint density at radius 1 is 1.39 bits per heavy atom. The molecule has 0 bridgehead atoms. The number of halogens is 1. The molecule has 0 spiro atoms. The molecule has 1 saturated carbocycles. The van der Waals surface area contributed by atoms with Crippen LogP contribution < -0.4 is 5.73 Å². The lowest BCUT2D eigenvalue weighted by molar-refractivity contribution is 0.279. The maximum absolute atomic E-state index is 6.02. The molecule has 0 amide bonds. The second kappa shape index (κ2) is 4.65. The smallest absolute Gasteiger partial charge is 0.175 e. The van der Waals surface area contributed by atoms with E-state index in [0.717, 1.165) is 29.2 Å². The number of anilines is 1. The summed E-state index contributed by atoms with van der Waals surface area (Å²) in [5, 5.41) is 4.59. The van der Waals surface area contributed by atoms with E-state index in [9.17, 15) is 0 Å². The van der Waals surface area contributed by atoms with Crippen molar-refractivity contribution >= 4 is 17.4 Å². The van der Waals surface area contributed by atoms with Gasteiger partial charge in [-0.15, -0.1) is 0 Å². The fourth-order valence-electron chi connectivity index (χ4n) is 2.39. The number of nitrogen functional groups attached to an aromatic ring is 1. The summed E-state index contributed by atoms with van der Waals surface area (Å²) in [4.78, 5) is 0. The second-order valence-electron chi connectivity index (χ2n) is 4.88. The van der Waals surface area contributed by atoms with Crippen molar-refractivity contribution in [3.63, 3.8) is 0 Å². The van der Waals surface area contributed by atoms with Gasteiger partial charge in [-0.1, -0.05) is 48.2 Å². The SMILES string of the molecule is Nc1noc(CC2CCC2)c1-c1cccc(Cl)c1. The second-order valence-corrected chi connectivity index (χ2v) is 5.31. The molecule has 1 heterocycles. The van der Waals surface area contributed by atoms with Gasteiger partial charge in [0.2, 0.25) is 0 Å². The highest BCUT2D eigenvalue weighted by Gasteiger charge is 2.23. The molecule has 0 atom stereocenters. The highest BCUT2D eigenvalue weighted by Crippen LogP contribution is 2.36. The van der Waals surface area contributed by atoms with Gasteiger partial charge in [-0.25, -0.2) is 0 Å². The van der Waals surface area contributed by atoms with Gasteiger partial charge >= 0.3 is 0 Å². The Hall–Kier alpha value is -1.48. The van der Waals surface area contributed by atoms with E-state index < -0.39 is 0 Å². The summed E-state index contributed by atoms with van der Waals surface area (Å²) < 4.78 is 5.38. The van der Waals surface area contributed by atoms with Gasteiger partial charge in [-0.3, -0.25) is 0 Å². The predicted octanol–water partition coefficient (Wildman–Crippen LogP) is 3.92. The normalized spacial score (nSPS) is 15.6. The molecule has 0 radical (unpaired) electrons. The molecule has 94 valence electrons. The minimum atomic E-state index is 0.451. The zero-order valence-corrected chi connectivity index (χ0v) is 10.8. The van der Waals surface area contributed by atoms with Crippen LogP contribution in [0.4, 0.5) is 5.82 Å². The Kier molecular flexibility index (Phi) is 3.00. The average Bonchev–Trinajstić information content (AvgIpc) is 2.65. The third kappa shape index (κ3) is 2.10. The molecule has 0 aliphatic heterocycles. The number of nitrogens with zero attached hydrogens (tertiary/aromatic N) is 1. The van der Waals surface area contributed by atoms with Crippen molar-refractivity contribution in [1.29, 1.82) is 0 Å². The van der Waals surface area contributed by atoms with Crippen LogP contribution in [0.2, 0.25) is 5.02 Å². The van der Waals surface area contributed by atoms with Crippen LogP contribution in [0.1, 0.15) is 25.0 Å². The maximum atomic E-state index is 6.02. The third-order valence-electron chi connectivity index (χ3n) is 3.60. The van der Waals surface area contributed by atoms with Crippen LogP contribution in [0.3, 0.4) is 0 Å². The Morgan fingerprint density at radius 3 is 2.89 bits per heavy atom. The maximum Gasteiger partial charge on any atom is 0.175 e. The monoisotopic (exact) mass is 262 g/mol. The summed E-state index contributed by atoms with van der Waals surface area (Å²) in [6.45, 7) is 0. The number of rotatable bonds is 3. The van der Waals surface area contributed by atoms with E-state index in [4.69, 9.17) is 21.9 Å². The van der Waals surface area contributed by atoms with E-state index >= 15 is 0 Å². The summed E-state index contributed by atoms with van der Waals surface area (Å²) in [6.07, 6.45) is 4.79. The van der Waals surface area contributed by atoms with Crippen LogP contribution in [-0.4, -0.2) is 5.16 Å². The van der Waals surface area contributed by atoms with E-state index in [-0.39, 0.29) is 0 Å². The van der Waals surface area contributed by atoms with Crippen LogP contribution >= 0.6 is 11.6 Å². The molecule has 1 aromatic heterocycles. The van der Waals surface area contributed by atoms with Gasteiger partial charge in [-0.05, 0) is 23.6 Å². The van der Waals surface area contributed by atoms with Crippen LogP contribution in [0.5, 0.6) is 0 Å². The molecular weight excluding hydrogens is 248 g/mol. The fourth-order valence-corrected chi connectivity index (χ4v) is 2.58. The molecule has 1 aromatic carbocycles. The van der Waals surface area contributed by atoms with E-state index in [2.05, 4.69) is 5.16 Å². The molecule has 4 heteroatoms. The lowest BCUT2D eigenvalue weighted by Crippen LogP contribution is -2.13. The molecule has 18 heavy (non-hydrogen) atoms. The Bertz CT molecular complexity index is 561. The van der Waals surface area contributed by atoms with Crippen LogP contribution in [0, 0.1) is 5.92 Å². The summed E-state index contributed by atoms with van der Waals surface area (Å²) >= 11 is 6.02. The van der Waals surface area contributed by atoms with Crippen molar-refractivity contribution in [3.8, 4) is 11.1 Å². The van der Waals surface area contributed by atoms with Crippen molar-refractivity contribution in [2.75, 3.05) is 5.73 Å². The quantitative estimate of drug-likeness (QED) is 0.912. The number of aromatic nitrogens is 1. The molecule has 1 fully saturated rings. The standard InChI is InChI=1S/C14H15ClN2O/c15-11-6-2-5-10(8-11)13-12(18-17-14(13)16)7-9-3-1-4-9/h2,5-6,8-9H,1,3-4,7H2,(H2,16,17). The first-order valence-corrected chi connectivity index (χ1v) is 6.62. The topological polar surface area (TPSA) is 52.0 Å². The van der Waals surface area contributed by atoms with Gasteiger partial charge in [0.25, 0.3) is 0 Å².